The van der Waals surface area contributed by atoms with Crippen LogP contribution in [0.5, 0.6) is 0 Å². The Kier molecular flexibility index (Phi) is 6.14. The number of carboxylic acids is 1. The Morgan fingerprint density at radius 2 is 2.00 bits per heavy atom. The molecule has 4 heteroatoms. The Labute approximate surface area is 146 Å². The zero-order chi connectivity index (χ0) is 18.0. The van der Waals surface area contributed by atoms with Gasteiger partial charge in [-0.1, -0.05) is 25.5 Å². The first-order valence-electron chi connectivity index (χ1n) is 9.42. The molecule has 0 aliphatic heterocycles. The van der Waals surface area contributed by atoms with Crippen LogP contribution >= 0.6 is 0 Å². The lowest BCUT2D eigenvalue weighted by molar-refractivity contribution is -0.164. The fraction of sp³-hybridized carbons (Fsp3) is 0.850. The smallest absolute Gasteiger partial charge is 0.309 e. The molecule has 138 valence electrons. The number of allylic oxidation sites excluding steroid dienone is 1. The van der Waals surface area contributed by atoms with Crippen LogP contribution < -0.4 is 0 Å². The third-order valence-electron chi connectivity index (χ3n) is 7.17. The van der Waals surface area contributed by atoms with Crippen molar-refractivity contribution < 1.29 is 20.1 Å². The van der Waals surface area contributed by atoms with Crippen LogP contribution in [0.1, 0.15) is 65.2 Å². The molecule has 24 heavy (non-hydrogen) atoms. The van der Waals surface area contributed by atoms with Gasteiger partial charge in [0.2, 0.25) is 0 Å². The molecule has 2 aliphatic carbocycles. The lowest BCUT2D eigenvalue weighted by Crippen LogP contribution is -2.53. The highest BCUT2D eigenvalue weighted by Crippen LogP contribution is 2.62. The summed E-state index contributed by atoms with van der Waals surface area (Å²) in [7, 11) is 0. The maximum absolute atomic E-state index is 12.0. The Morgan fingerprint density at radius 1 is 1.29 bits per heavy atom. The number of carbonyl (C=O) groups is 1. The topological polar surface area (TPSA) is 77.8 Å². The predicted molar refractivity (Wildman–Crippen MR) is 94.6 cm³/mol. The van der Waals surface area contributed by atoms with E-state index in [-0.39, 0.29) is 30.5 Å². The SMILES string of the molecule is C=C1CC[C@@H]2[C@@](C)(CCC[C@]2(C)C(=O)O)[C@@H]1CC[C@@H](CO)CCO. The summed E-state index contributed by atoms with van der Waals surface area (Å²) in [5.74, 6) is -0.0143. The third-order valence-corrected chi connectivity index (χ3v) is 7.17. The molecule has 0 amide bonds. The fourth-order valence-electron chi connectivity index (χ4n) is 5.65. The summed E-state index contributed by atoms with van der Waals surface area (Å²) in [5.41, 5.74) is 0.608. The maximum Gasteiger partial charge on any atom is 0.309 e. The molecule has 0 aromatic rings. The van der Waals surface area contributed by atoms with Crippen LogP contribution in [0.4, 0.5) is 0 Å². The zero-order valence-corrected chi connectivity index (χ0v) is 15.3. The summed E-state index contributed by atoms with van der Waals surface area (Å²) < 4.78 is 0. The summed E-state index contributed by atoms with van der Waals surface area (Å²) in [4.78, 5) is 12.0. The van der Waals surface area contributed by atoms with Crippen LogP contribution in [0.15, 0.2) is 12.2 Å². The second kappa shape index (κ2) is 7.57. The Balaban J connectivity index is 2.20. The molecule has 4 nitrogen and oxygen atoms in total. The normalized spacial score (nSPS) is 37.8. The fourth-order valence-corrected chi connectivity index (χ4v) is 5.65. The standard InChI is InChI=1S/C20H34O4/c1-14-5-8-17-19(2,10-4-11-20(17,3)18(23)24)16(14)7-6-15(13-22)9-12-21/h15-17,21-22H,1,4-13H2,2-3H3,(H,23,24)/t15-,16-,17-,19+,20+/m1/s1. The van der Waals surface area contributed by atoms with Gasteiger partial charge in [-0.25, -0.2) is 0 Å². The summed E-state index contributed by atoms with van der Waals surface area (Å²) in [6.45, 7) is 8.73. The first kappa shape index (κ1) is 19.5. The molecule has 5 atom stereocenters. The van der Waals surface area contributed by atoms with E-state index in [1.165, 1.54) is 5.57 Å². The van der Waals surface area contributed by atoms with Crippen LogP contribution in [-0.4, -0.2) is 34.5 Å². The van der Waals surface area contributed by atoms with E-state index in [2.05, 4.69) is 13.5 Å². The van der Waals surface area contributed by atoms with Crippen molar-refractivity contribution >= 4 is 5.97 Å². The second-order valence-electron chi connectivity index (χ2n) is 8.52. The molecule has 2 fully saturated rings. The van der Waals surface area contributed by atoms with Crippen molar-refractivity contribution in [1.82, 2.24) is 0 Å². The van der Waals surface area contributed by atoms with Gasteiger partial charge in [0.15, 0.2) is 0 Å². The second-order valence-corrected chi connectivity index (χ2v) is 8.52. The highest BCUT2D eigenvalue weighted by molar-refractivity contribution is 5.75. The molecule has 2 aliphatic rings. The number of rotatable bonds is 7. The van der Waals surface area contributed by atoms with Crippen molar-refractivity contribution in [3.8, 4) is 0 Å². The molecule has 0 heterocycles. The van der Waals surface area contributed by atoms with Crippen molar-refractivity contribution in [2.75, 3.05) is 13.2 Å². The molecular formula is C20H34O4. The largest absolute Gasteiger partial charge is 0.481 e. The van der Waals surface area contributed by atoms with E-state index in [9.17, 15) is 15.0 Å². The van der Waals surface area contributed by atoms with Crippen molar-refractivity contribution in [1.29, 1.82) is 0 Å². The van der Waals surface area contributed by atoms with Crippen molar-refractivity contribution in [3.63, 3.8) is 0 Å². The zero-order valence-electron chi connectivity index (χ0n) is 15.3. The van der Waals surface area contributed by atoms with E-state index in [0.29, 0.717) is 12.3 Å². The summed E-state index contributed by atoms with van der Waals surface area (Å²) in [6.07, 6.45) is 7.06. The van der Waals surface area contributed by atoms with Crippen LogP contribution in [0, 0.1) is 28.6 Å². The third kappa shape index (κ3) is 3.41. The number of aliphatic hydroxyl groups excluding tert-OH is 2. The quantitative estimate of drug-likeness (QED) is 0.620. The summed E-state index contributed by atoms with van der Waals surface area (Å²) in [5, 5.41) is 28.5. The highest BCUT2D eigenvalue weighted by Gasteiger charge is 2.57. The minimum Gasteiger partial charge on any atom is -0.481 e. The highest BCUT2D eigenvalue weighted by atomic mass is 16.4. The van der Waals surface area contributed by atoms with E-state index < -0.39 is 11.4 Å². The van der Waals surface area contributed by atoms with Gasteiger partial charge in [0, 0.05) is 13.2 Å². The van der Waals surface area contributed by atoms with E-state index in [0.717, 1.165) is 44.9 Å². The molecule has 3 N–H and O–H groups in total. The van der Waals surface area contributed by atoms with Crippen LogP contribution in [-0.2, 0) is 4.79 Å². The van der Waals surface area contributed by atoms with Gasteiger partial charge < -0.3 is 15.3 Å². The maximum atomic E-state index is 12.0. The number of fused-ring (bicyclic) bond motifs is 1. The lowest BCUT2D eigenvalue weighted by Gasteiger charge is -2.57. The van der Waals surface area contributed by atoms with E-state index in [1.807, 2.05) is 6.92 Å². The first-order valence-corrected chi connectivity index (χ1v) is 9.42. The molecule has 2 rings (SSSR count). The molecule has 0 radical (unpaired) electrons. The lowest BCUT2D eigenvalue weighted by atomic mass is 9.46. The monoisotopic (exact) mass is 338 g/mol. The van der Waals surface area contributed by atoms with Gasteiger partial charge >= 0.3 is 5.97 Å². The van der Waals surface area contributed by atoms with Gasteiger partial charge in [0.25, 0.3) is 0 Å². The van der Waals surface area contributed by atoms with Gasteiger partial charge in [0.05, 0.1) is 5.41 Å². The number of aliphatic carboxylic acids is 1. The molecule has 0 unspecified atom stereocenters. The van der Waals surface area contributed by atoms with Crippen LogP contribution in [0.3, 0.4) is 0 Å². The van der Waals surface area contributed by atoms with Crippen molar-refractivity contribution in [2.45, 2.75) is 65.2 Å². The van der Waals surface area contributed by atoms with Gasteiger partial charge in [-0.15, -0.1) is 0 Å². The number of hydrogen-bond donors (Lipinski definition) is 3. The Hall–Kier alpha value is -0.870. The molecule has 0 spiro atoms. The molecule has 0 bridgehead atoms. The average molecular weight is 338 g/mol. The Bertz CT molecular complexity index is 474. The molecule has 0 saturated heterocycles. The van der Waals surface area contributed by atoms with Gasteiger partial charge in [-0.05, 0) is 75.0 Å². The molecular weight excluding hydrogens is 304 g/mol. The number of hydrogen-bond acceptors (Lipinski definition) is 3. The van der Waals surface area contributed by atoms with Crippen molar-refractivity contribution in [3.05, 3.63) is 12.2 Å². The summed E-state index contributed by atoms with van der Waals surface area (Å²) in [6, 6.07) is 0. The van der Waals surface area contributed by atoms with Gasteiger partial charge in [0.1, 0.15) is 0 Å². The van der Waals surface area contributed by atoms with Crippen LogP contribution in [0.2, 0.25) is 0 Å². The Morgan fingerprint density at radius 3 is 2.58 bits per heavy atom. The molecule has 0 aromatic heterocycles. The summed E-state index contributed by atoms with van der Waals surface area (Å²) >= 11 is 0. The van der Waals surface area contributed by atoms with Gasteiger partial charge in [-0.3, -0.25) is 4.79 Å². The molecule has 2 saturated carbocycles. The van der Waals surface area contributed by atoms with Gasteiger partial charge in [-0.2, -0.15) is 0 Å². The predicted octanol–water partition coefficient (Wildman–Crippen LogP) is 3.62. The number of aliphatic hydroxyl groups is 2. The van der Waals surface area contributed by atoms with E-state index in [4.69, 9.17) is 5.11 Å². The average Bonchev–Trinajstić information content (AvgIpc) is 2.52. The minimum absolute atomic E-state index is 0.0139. The van der Waals surface area contributed by atoms with E-state index >= 15 is 0 Å². The number of carboxylic acid groups (broad SMARTS) is 1. The van der Waals surface area contributed by atoms with Crippen molar-refractivity contribution in [2.24, 2.45) is 28.6 Å². The van der Waals surface area contributed by atoms with Crippen LogP contribution in [0.25, 0.3) is 0 Å². The first-order chi connectivity index (χ1) is 11.3. The minimum atomic E-state index is -0.654. The molecule has 0 aromatic carbocycles. The van der Waals surface area contributed by atoms with E-state index in [1.54, 1.807) is 0 Å².